The van der Waals surface area contributed by atoms with Crippen molar-refractivity contribution in [3.63, 3.8) is 0 Å². The summed E-state index contributed by atoms with van der Waals surface area (Å²) in [6, 6.07) is 16.5. The molecule has 1 saturated heterocycles. The maximum atomic E-state index is 12.5. The molecule has 1 N–H and O–H groups in total. The molecule has 4 nitrogen and oxygen atoms in total. The smallest absolute Gasteiger partial charge is 0.223 e. The molecule has 2 aromatic carbocycles. The fourth-order valence-corrected chi connectivity index (χ4v) is 3.42. The molecule has 0 radical (unpaired) electrons. The van der Waals surface area contributed by atoms with Gasteiger partial charge in [-0.1, -0.05) is 42.0 Å². The number of rotatable bonds is 6. The van der Waals surface area contributed by atoms with Crippen LogP contribution in [-0.2, 0) is 17.9 Å². The van der Waals surface area contributed by atoms with Crippen LogP contribution in [0.2, 0.25) is 0 Å². The lowest BCUT2D eigenvalue weighted by atomic mass is 9.95. The Morgan fingerprint density at radius 2 is 1.85 bits per heavy atom. The summed E-state index contributed by atoms with van der Waals surface area (Å²) in [5, 5.41) is 3.08. The van der Waals surface area contributed by atoms with Crippen molar-refractivity contribution < 1.29 is 9.53 Å². The highest BCUT2D eigenvalue weighted by Crippen LogP contribution is 2.20. The highest BCUT2D eigenvalue weighted by molar-refractivity contribution is 5.78. The molecule has 0 spiro atoms. The first kappa shape index (κ1) is 18.5. The summed E-state index contributed by atoms with van der Waals surface area (Å²) >= 11 is 0. The van der Waals surface area contributed by atoms with E-state index in [2.05, 4.69) is 41.4 Å². The Bertz CT molecular complexity index is 719. The zero-order valence-electron chi connectivity index (χ0n) is 15.7. The van der Waals surface area contributed by atoms with Gasteiger partial charge >= 0.3 is 0 Å². The Labute approximate surface area is 156 Å². The molecule has 0 bridgehead atoms. The number of piperidine rings is 1. The fraction of sp³-hybridized carbons (Fsp3) is 0.409. The van der Waals surface area contributed by atoms with Crippen LogP contribution in [0.3, 0.4) is 0 Å². The van der Waals surface area contributed by atoms with Crippen molar-refractivity contribution in [1.29, 1.82) is 0 Å². The number of likely N-dealkylation sites (tertiary alicyclic amines) is 1. The predicted octanol–water partition coefficient (Wildman–Crippen LogP) is 3.53. The lowest BCUT2D eigenvalue weighted by molar-refractivity contribution is -0.126. The van der Waals surface area contributed by atoms with Gasteiger partial charge in [0.25, 0.3) is 0 Å². The SMILES string of the molecule is COc1cccc(CNC(=O)C2CCN(Cc3ccc(C)cc3)CC2)c1. The van der Waals surface area contributed by atoms with E-state index in [4.69, 9.17) is 4.74 Å². The maximum Gasteiger partial charge on any atom is 0.223 e. The Morgan fingerprint density at radius 1 is 1.12 bits per heavy atom. The Balaban J connectivity index is 1.43. The van der Waals surface area contributed by atoms with Crippen LogP contribution >= 0.6 is 0 Å². The first-order chi connectivity index (χ1) is 12.6. The predicted molar refractivity (Wildman–Crippen MR) is 104 cm³/mol. The normalized spacial score (nSPS) is 15.6. The lowest BCUT2D eigenvalue weighted by Gasteiger charge is -2.31. The molecule has 138 valence electrons. The third kappa shape index (κ3) is 5.09. The number of nitrogens with zero attached hydrogens (tertiary/aromatic N) is 1. The van der Waals surface area contributed by atoms with Gasteiger partial charge in [0.2, 0.25) is 5.91 Å². The van der Waals surface area contributed by atoms with Crippen molar-refractivity contribution in [1.82, 2.24) is 10.2 Å². The summed E-state index contributed by atoms with van der Waals surface area (Å²) in [7, 11) is 1.65. The van der Waals surface area contributed by atoms with Gasteiger partial charge in [-0.25, -0.2) is 0 Å². The van der Waals surface area contributed by atoms with Crippen molar-refractivity contribution in [3.8, 4) is 5.75 Å². The molecule has 0 saturated carbocycles. The standard InChI is InChI=1S/C22H28N2O2/c1-17-6-8-18(9-7-17)16-24-12-10-20(11-13-24)22(25)23-15-19-4-3-5-21(14-19)26-2/h3-9,14,20H,10-13,15-16H2,1-2H3,(H,23,25). The first-order valence-corrected chi connectivity index (χ1v) is 9.32. The minimum atomic E-state index is 0.120. The molecule has 1 heterocycles. The summed E-state index contributed by atoms with van der Waals surface area (Å²) in [6.07, 6.45) is 1.85. The number of methoxy groups -OCH3 is 1. The molecule has 1 aliphatic rings. The van der Waals surface area contributed by atoms with Crippen molar-refractivity contribution in [2.75, 3.05) is 20.2 Å². The van der Waals surface area contributed by atoms with Gasteiger partial charge in [0.15, 0.2) is 0 Å². The van der Waals surface area contributed by atoms with Crippen molar-refractivity contribution in [3.05, 3.63) is 65.2 Å². The van der Waals surface area contributed by atoms with Gasteiger partial charge in [-0.3, -0.25) is 9.69 Å². The molecule has 1 amide bonds. The van der Waals surface area contributed by atoms with Crippen molar-refractivity contribution >= 4 is 5.91 Å². The van der Waals surface area contributed by atoms with Crippen LogP contribution in [0.1, 0.15) is 29.5 Å². The molecule has 3 rings (SSSR count). The molecule has 0 aliphatic carbocycles. The van der Waals surface area contributed by atoms with Crippen LogP contribution in [0.4, 0.5) is 0 Å². The van der Waals surface area contributed by atoms with Gasteiger partial charge < -0.3 is 10.1 Å². The average molecular weight is 352 g/mol. The van der Waals surface area contributed by atoms with E-state index in [1.54, 1.807) is 7.11 Å². The molecule has 0 aromatic heterocycles. The van der Waals surface area contributed by atoms with Gasteiger partial charge in [-0.05, 0) is 56.1 Å². The quantitative estimate of drug-likeness (QED) is 0.865. The number of ether oxygens (including phenoxy) is 1. The Hall–Kier alpha value is -2.33. The van der Waals surface area contributed by atoms with E-state index in [1.165, 1.54) is 11.1 Å². The molecule has 0 atom stereocenters. The highest BCUT2D eigenvalue weighted by Gasteiger charge is 2.24. The molecular formula is C22H28N2O2. The number of hydrogen-bond acceptors (Lipinski definition) is 3. The molecule has 4 heteroatoms. The zero-order chi connectivity index (χ0) is 18.4. The summed E-state index contributed by atoms with van der Waals surface area (Å²) in [4.78, 5) is 14.9. The number of hydrogen-bond donors (Lipinski definition) is 1. The summed E-state index contributed by atoms with van der Waals surface area (Å²) in [5.41, 5.74) is 3.70. The fourth-order valence-electron chi connectivity index (χ4n) is 3.42. The van der Waals surface area contributed by atoms with Crippen molar-refractivity contribution in [2.45, 2.75) is 32.9 Å². The van der Waals surface area contributed by atoms with E-state index < -0.39 is 0 Å². The third-order valence-corrected chi connectivity index (χ3v) is 5.09. The van der Waals surface area contributed by atoms with Crippen molar-refractivity contribution in [2.24, 2.45) is 5.92 Å². The summed E-state index contributed by atoms with van der Waals surface area (Å²) in [6.45, 7) is 5.59. The van der Waals surface area contributed by atoms with Gasteiger partial charge in [0.05, 0.1) is 7.11 Å². The number of carbonyl (C=O) groups excluding carboxylic acids is 1. The van der Waals surface area contributed by atoms with Crippen LogP contribution in [0.5, 0.6) is 5.75 Å². The number of carbonyl (C=O) groups is 1. The van der Waals surface area contributed by atoms with Crippen LogP contribution in [0.15, 0.2) is 48.5 Å². The molecular weight excluding hydrogens is 324 g/mol. The average Bonchev–Trinajstić information content (AvgIpc) is 2.68. The second-order valence-corrected chi connectivity index (χ2v) is 7.11. The third-order valence-electron chi connectivity index (χ3n) is 5.09. The Morgan fingerprint density at radius 3 is 2.54 bits per heavy atom. The van der Waals surface area contributed by atoms with Gasteiger partial charge in [0.1, 0.15) is 5.75 Å². The van der Waals surface area contributed by atoms with Gasteiger partial charge in [-0.2, -0.15) is 0 Å². The van der Waals surface area contributed by atoms with Gasteiger partial charge in [0, 0.05) is 19.0 Å². The summed E-state index contributed by atoms with van der Waals surface area (Å²) < 4.78 is 5.23. The second kappa shape index (κ2) is 8.86. The molecule has 1 fully saturated rings. The number of benzene rings is 2. The first-order valence-electron chi connectivity index (χ1n) is 9.32. The monoisotopic (exact) mass is 352 g/mol. The van der Waals surface area contributed by atoms with E-state index in [9.17, 15) is 4.79 Å². The van der Waals surface area contributed by atoms with Crippen LogP contribution in [0, 0.1) is 12.8 Å². The molecule has 1 aliphatic heterocycles. The Kier molecular flexibility index (Phi) is 6.29. The number of amides is 1. The van der Waals surface area contributed by atoms with E-state index in [0.29, 0.717) is 6.54 Å². The van der Waals surface area contributed by atoms with E-state index in [1.807, 2.05) is 24.3 Å². The topological polar surface area (TPSA) is 41.6 Å². The van der Waals surface area contributed by atoms with Crippen LogP contribution in [-0.4, -0.2) is 31.0 Å². The highest BCUT2D eigenvalue weighted by atomic mass is 16.5. The molecule has 26 heavy (non-hydrogen) atoms. The van der Waals surface area contributed by atoms with Crippen LogP contribution < -0.4 is 10.1 Å². The van der Waals surface area contributed by atoms with Crippen LogP contribution in [0.25, 0.3) is 0 Å². The second-order valence-electron chi connectivity index (χ2n) is 7.11. The largest absolute Gasteiger partial charge is 0.497 e. The summed E-state index contributed by atoms with van der Waals surface area (Å²) in [5.74, 6) is 1.11. The zero-order valence-corrected chi connectivity index (χ0v) is 15.7. The van der Waals surface area contributed by atoms with E-state index in [0.717, 1.165) is 43.8 Å². The minimum absolute atomic E-state index is 0.120. The van der Waals surface area contributed by atoms with E-state index >= 15 is 0 Å². The molecule has 2 aromatic rings. The minimum Gasteiger partial charge on any atom is -0.497 e. The number of nitrogens with one attached hydrogen (secondary N) is 1. The van der Waals surface area contributed by atoms with Gasteiger partial charge in [-0.15, -0.1) is 0 Å². The number of aryl methyl sites for hydroxylation is 1. The maximum absolute atomic E-state index is 12.5. The lowest BCUT2D eigenvalue weighted by Crippen LogP contribution is -2.40. The van der Waals surface area contributed by atoms with E-state index in [-0.39, 0.29) is 11.8 Å². The molecule has 0 unspecified atom stereocenters.